The quantitative estimate of drug-likeness (QED) is 0.501. The zero-order chi connectivity index (χ0) is 21.0. The minimum atomic E-state index is -0.563. The van der Waals surface area contributed by atoms with Crippen LogP contribution in [0, 0.1) is 0 Å². The molecule has 0 saturated heterocycles. The first kappa shape index (κ1) is 20.3. The molecule has 0 saturated carbocycles. The van der Waals surface area contributed by atoms with E-state index in [1.54, 1.807) is 0 Å². The van der Waals surface area contributed by atoms with Crippen molar-refractivity contribution < 1.29 is 4.74 Å². The highest BCUT2D eigenvalue weighted by atomic mass is 32.1. The zero-order valence-corrected chi connectivity index (χ0v) is 18.1. The Morgan fingerprint density at radius 1 is 1.10 bits per heavy atom. The van der Waals surface area contributed by atoms with Crippen LogP contribution in [0.15, 0.2) is 71.7 Å². The minimum absolute atomic E-state index is 0.412. The van der Waals surface area contributed by atoms with Crippen LogP contribution in [0.25, 0.3) is 10.6 Å². The summed E-state index contributed by atoms with van der Waals surface area (Å²) in [7, 11) is 0. The molecule has 154 valence electrons. The highest BCUT2D eigenvalue weighted by Crippen LogP contribution is 2.40. The predicted octanol–water partition coefficient (Wildman–Crippen LogP) is 5.35. The van der Waals surface area contributed by atoms with Crippen LogP contribution in [0.4, 0.5) is 5.69 Å². The topological polar surface area (TPSA) is 73.4 Å². The molecule has 1 aliphatic heterocycles. The average Bonchev–Trinajstić information content (AvgIpc) is 3.43. The fourth-order valence-corrected chi connectivity index (χ4v) is 4.51. The van der Waals surface area contributed by atoms with Crippen molar-refractivity contribution in [3.05, 3.63) is 72.3 Å². The molecule has 3 aromatic rings. The van der Waals surface area contributed by atoms with Gasteiger partial charge >= 0.3 is 6.01 Å². The van der Waals surface area contributed by atoms with Gasteiger partial charge in [0.2, 0.25) is 0 Å². The second-order valence-electron chi connectivity index (χ2n) is 7.72. The third-order valence-corrected chi connectivity index (χ3v) is 6.60. The summed E-state index contributed by atoms with van der Waals surface area (Å²) in [6.07, 6.45) is 8.36. The number of rotatable bonds is 8. The lowest BCUT2D eigenvalue weighted by Crippen LogP contribution is -2.53. The lowest BCUT2D eigenvalue weighted by Gasteiger charge is -2.42. The molecule has 30 heavy (non-hydrogen) atoms. The maximum Gasteiger partial charge on any atom is 0.329 e. The Bertz CT molecular complexity index is 1030. The smallest absolute Gasteiger partial charge is 0.329 e. The Kier molecular flexibility index (Phi) is 5.68. The number of allylic oxidation sites excluding steroid dienone is 1. The molecule has 1 aliphatic rings. The molecule has 0 radical (unpaired) electrons. The molecule has 5 nitrogen and oxygen atoms in total. The van der Waals surface area contributed by atoms with Crippen molar-refractivity contribution >= 4 is 23.4 Å². The van der Waals surface area contributed by atoms with Gasteiger partial charge in [-0.2, -0.15) is 4.98 Å². The second kappa shape index (κ2) is 8.40. The van der Waals surface area contributed by atoms with Crippen molar-refractivity contribution in [2.75, 3.05) is 5.73 Å². The Labute approximate surface area is 181 Å². The third-order valence-electron chi connectivity index (χ3n) is 5.86. The number of hydrogen-bond donors (Lipinski definition) is 1. The molecule has 2 heterocycles. The first-order chi connectivity index (χ1) is 14.5. The van der Waals surface area contributed by atoms with Gasteiger partial charge in [-0.05, 0) is 61.5 Å². The summed E-state index contributed by atoms with van der Waals surface area (Å²) in [5.41, 5.74) is 7.83. The van der Waals surface area contributed by atoms with E-state index in [1.165, 1.54) is 17.1 Å². The number of anilines is 1. The van der Waals surface area contributed by atoms with E-state index >= 15 is 0 Å². The summed E-state index contributed by atoms with van der Waals surface area (Å²) in [5, 5.41) is 0.852. The molecule has 0 bridgehead atoms. The maximum atomic E-state index is 6.58. The summed E-state index contributed by atoms with van der Waals surface area (Å²) in [6, 6.07) is 18.5. The van der Waals surface area contributed by atoms with E-state index in [-0.39, 0.29) is 0 Å². The van der Waals surface area contributed by atoms with Gasteiger partial charge in [0, 0.05) is 17.5 Å². The number of ether oxygens (including phenoxy) is 1. The lowest BCUT2D eigenvalue weighted by atomic mass is 9.76. The minimum Gasteiger partial charge on any atom is -0.453 e. The van der Waals surface area contributed by atoms with Gasteiger partial charge in [0.05, 0.1) is 0 Å². The van der Waals surface area contributed by atoms with E-state index in [9.17, 15) is 0 Å². The molecule has 2 atom stereocenters. The molecule has 0 fully saturated rings. The Morgan fingerprint density at radius 2 is 1.87 bits per heavy atom. The van der Waals surface area contributed by atoms with E-state index in [4.69, 9.17) is 15.5 Å². The van der Waals surface area contributed by atoms with Crippen molar-refractivity contribution in [1.29, 1.82) is 0 Å². The maximum absolute atomic E-state index is 6.58. The van der Waals surface area contributed by atoms with Gasteiger partial charge in [-0.3, -0.25) is 4.99 Å². The first-order valence-electron chi connectivity index (χ1n) is 10.2. The molecular weight excluding hydrogens is 392 g/mol. The molecule has 2 unspecified atom stereocenters. The number of hydrogen-bond acceptors (Lipinski definition) is 6. The summed E-state index contributed by atoms with van der Waals surface area (Å²) >= 11 is 1.35. The Morgan fingerprint density at radius 3 is 2.53 bits per heavy atom. The van der Waals surface area contributed by atoms with E-state index in [0.717, 1.165) is 35.5 Å². The standard InChI is InChI=1S/C24H26N4OS/c1-3-24(23(2)15-7-17-26-23,16-14-18-10-12-20(25)13-11-18)29-22-27-21(30-28-22)19-8-5-4-6-9-19/h4-13,15,17H,3,14,16,25H2,1-2H3. The summed E-state index contributed by atoms with van der Waals surface area (Å²) in [4.78, 5) is 9.44. The van der Waals surface area contributed by atoms with Crippen LogP contribution >= 0.6 is 11.5 Å². The number of aryl methyl sites for hydroxylation is 1. The molecule has 0 aliphatic carbocycles. The second-order valence-corrected chi connectivity index (χ2v) is 8.48. The van der Waals surface area contributed by atoms with Gasteiger partial charge in [0.1, 0.15) is 16.1 Å². The molecule has 2 aromatic carbocycles. The van der Waals surface area contributed by atoms with Gasteiger partial charge in [-0.25, -0.2) is 0 Å². The number of nitrogens with zero attached hydrogens (tertiary/aromatic N) is 3. The Balaban J connectivity index is 1.62. The Hall–Kier alpha value is -2.99. The normalized spacial score (nSPS) is 19.7. The predicted molar refractivity (Wildman–Crippen MR) is 124 cm³/mol. The number of benzene rings is 2. The molecule has 0 amide bonds. The largest absolute Gasteiger partial charge is 0.453 e. The van der Waals surface area contributed by atoms with Gasteiger partial charge in [0.15, 0.2) is 0 Å². The van der Waals surface area contributed by atoms with Crippen LogP contribution in [0.2, 0.25) is 0 Å². The fraction of sp³-hybridized carbons (Fsp3) is 0.292. The number of nitrogens with two attached hydrogens (primary N) is 1. The van der Waals surface area contributed by atoms with E-state index < -0.39 is 11.1 Å². The van der Waals surface area contributed by atoms with Gasteiger partial charge in [-0.15, -0.1) is 4.37 Å². The van der Waals surface area contributed by atoms with Crippen LogP contribution in [-0.4, -0.2) is 26.7 Å². The van der Waals surface area contributed by atoms with Crippen LogP contribution in [-0.2, 0) is 6.42 Å². The van der Waals surface area contributed by atoms with Crippen molar-refractivity contribution in [2.24, 2.45) is 4.99 Å². The summed E-state index contributed by atoms with van der Waals surface area (Å²) < 4.78 is 11.1. The SMILES string of the molecule is CCC(CCc1ccc(N)cc1)(Oc1nsc(-c2ccccc2)n1)C1(C)C=CC=N1. The molecule has 2 N–H and O–H groups in total. The number of aliphatic imine (C=N–C) groups is 1. The molecule has 0 spiro atoms. The van der Waals surface area contributed by atoms with E-state index in [2.05, 4.69) is 41.4 Å². The zero-order valence-electron chi connectivity index (χ0n) is 17.3. The fourth-order valence-electron chi connectivity index (χ4n) is 3.91. The van der Waals surface area contributed by atoms with Crippen molar-refractivity contribution in [3.63, 3.8) is 0 Å². The van der Waals surface area contributed by atoms with Crippen LogP contribution in [0.1, 0.15) is 32.3 Å². The first-order valence-corrected chi connectivity index (χ1v) is 11.0. The van der Waals surface area contributed by atoms with Crippen LogP contribution in [0.3, 0.4) is 0 Å². The van der Waals surface area contributed by atoms with Gasteiger partial charge in [0.25, 0.3) is 0 Å². The van der Waals surface area contributed by atoms with E-state index in [1.807, 2.05) is 54.8 Å². The van der Waals surface area contributed by atoms with Crippen molar-refractivity contribution in [2.45, 2.75) is 44.2 Å². The molecular formula is C24H26N4OS. The third kappa shape index (κ3) is 4.00. The van der Waals surface area contributed by atoms with Crippen LogP contribution in [0.5, 0.6) is 6.01 Å². The monoisotopic (exact) mass is 418 g/mol. The highest BCUT2D eigenvalue weighted by molar-refractivity contribution is 7.09. The van der Waals surface area contributed by atoms with Crippen molar-refractivity contribution in [1.82, 2.24) is 9.36 Å². The summed E-state index contributed by atoms with van der Waals surface area (Å²) in [6.45, 7) is 4.25. The molecule has 6 heteroatoms. The van der Waals surface area contributed by atoms with Gasteiger partial charge in [-0.1, -0.05) is 55.5 Å². The highest BCUT2D eigenvalue weighted by Gasteiger charge is 2.49. The molecule has 1 aromatic heterocycles. The van der Waals surface area contributed by atoms with Gasteiger partial charge < -0.3 is 10.5 Å². The number of aromatic nitrogens is 2. The van der Waals surface area contributed by atoms with Crippen molar-refractivity contribution in [3.8, 4) is 16.6 Å². The van der Waals surface area contributed by atoms with Crippen LogP contribution < -0.4 is 10.5 Å². The molecule has 4 rings (SSSR count). The number of nitrogen functional groups attached to an aromatic ring is 1. The van der Waals surface area contributed by atoms with E-state index in [0.29, 0.717) is 6.01 Å². The average molecular weight is 419 g/mol. The lowest BCUT2D eigenvalue weighted by molar-refractivity contribution is 0.000240. The summed E-state index contributed by atoms with van der Waals surface area (Å²) in [5.74, 6) is 0.